The minimum absolute atomic E-state index is 0.0545. The van der Waals surface area contributed by atoms with Crippen LogP contribution in [0.15, 0.2) is 42.5 Å². The van der Waals surface area contributed by atoms with Gasteiger partial charge in [0.25, 0.3) is 0 Å². The van der Waals surface area contributed by atoms with E-state index in [1.165, 1.54) is 24.1 Å². The monoisotopic (exact) mass is 543 g/mol. The minimum Gasteiger partial charge on any atom is -0.460 e. The molecule has 0 spiro atoms. The van der Waals surface area contributed by atoms with E-state index in [1.54, 1.807) is 0 Å². The van der Waals surface area contributed by atoms with Crippen molar-refractivity contribution in [1.82, 2.24) is 19.7 Å². The Labute approximate surface area is 239 Å². The fourth-order valence-corrected chi connectivity index (χ4v) is 6.16. The van der Waals surface area contributed by atoms with E-state index < -0.39 is 5.60 Å². The summed E-state index contributed by atoms with van der Waals surface area (Å²) in [6, 6.07) is 15.1. The zero-order chi connectivity index (χ0) is 28.3. The fourth-order valence-electron chi connectivity index (χ4n) is 6.16. The van der Waals surface area contributed by atoms with Crippen LogP contribution in [0.1, 0.15) is 80.6 Å². The molecule has 2 aliphatic heterocycles. The van der Waals surface area contributed by atoms with Gasteiger partial charge in [0.15, 0.2) is 0 Å². The van der Waals surface area contributed by atoms with Crippen molar-refractivity contribution in [2.45, 2.75) is 84.7 Å². The number of hydrogen-bond donors (Lipinski definition) is 1. The second-order valence-electron chi connectivity index (χ2n) is 12.7. The Bertz CT molecular complexity index is 1320. The predicted molar refractivity (Wildman–Crippen MR) is 160 cm³/mol. The summed E-state index contributed by atoms with van der Waals surface area (Å²) in [4.78, 5) is 20.4. The highest BCUT2D eigenvalue weighted by Gasteiger charge is 2.28. The zero-order valence-corrected chi connectivity index (χ0v) is 24.9. The summed E-state index contributed by atoms with van der Waals surface area (Å²) in [5.74, 6) is 1.65. The molecular formula is C33H45N5O2. The second-order valence-corrected chi connectivity index (χ2v) is 12.7. The van der Waals surface area contributed by atoms with Crippen LogP contribution >= 0.6 is 0 Å². The lowest BCUT2D eigenvalue weighted by atomic mass is 9.94. The number of aromatic nitrogens is 3. The third-order valence-electron chi connectivity index (χ3n) is 8.04. The maximum atomic E-state index is 13.0. The molecule has 1 unspecified atom stereocenters. The van der Waals surface area contributed by atoms with Crippen molar-refractivity contribution in [3.8, 4) is 5.69 Å². The van der Waals surface area contributed by atoms with Crippen LogP contribution in [0.2, 0.25) is 0 Å². The summed E-state index contributed by atoms with van der Waals surface area (Å²) in [7, 11) is 0. The van der Waals surface area contributed by atoms with Crippen molar-refractivity contribution in [2.75, 3.05) is 31.5 Å². The number of anilines is 1. The molecule has 3 aromatic rings. The summed E-state index contributed by atoms with van der Waals surface area (Å²) >= 11 is 0. The van der Waals surface area contributed by atoms with Crippen molar-refractivity contribution in [1.29, 1.82) is 0 Å². The summed E-state index contributed by atoms with van der Waals surface area (Å²) in [5.41, 5.74) is 6.33. The maximum absolute atomic E-state index is 13.0. The molecule has 40 heavy (non-hydrogen) atoms. The molecule has 2 aliphatic rings. The van der Waals surface area contributed by atoms with Gasteiger partial charge in [-0.2, -0.15) is 5.10 Å². The third-order valence-corrected chi connectivity index (χ3v) is 8.04. The molecule has 1 saturated heterocycles. The van der Waals surface area contributed by atoms with Crippen LogP contribution in [0.5, 0.6) is 0 Å². The summed E-state index contributed by atoms with van der Waals surface area (Å²) in [5, 5.41) is 8.14. The Morgan fingerprint density at radius 3 is 2.80 bits per heavy atom. The van der Waals surface area contributed by atoms with Gasteiger partial charge in [-0.05, 0) is 115 Å². The van der Waals surface area contributed by atoms with E-state index >= 15 is 0 Å². The summed E-state index contributed by atoms with van der Waals surface area (Å²) in [6.45, 7) is 13.9. The molecule has 214 valence electrons. The predicted octanol–water partition coefficient (Wildman–Crippen LogP) is 6.01. The Kier molecular flexibility index (Phi) is 8.60. The highest BCUT2D eigenvalue weighted by atomic mass is 16.6. The van der Waals surface area contributed by atoms with Crippen molar-refractivity contribution >= 4 is 11.8 Å². The van der Waals surface area contributed by atoms with Gasteiger partial charge in [-0.3, -0.25) is 4.79 Å². The van der Waals surface area contributed by atoms with Crippen molar-refractivity contribution < 1.29 is 9.53 Å². The molecule has 1 N–H and O–H groups in total. The summed E-state index contributed by atoms with van der Waals surface area (Å²) < 4.78 is 7.74. The Hall–Kier alpha value is -3.19. The molecule has 4 heterocycles. The van der Waals surface area contributed by atoms with Gasteiger partial charge in [-0.25, -0.2) is 9.67 Å². The fraction of sp³-hybridized carbons (Fsp3) is 0.545. The van der Waals surface area contributed by atoms with Gasteiger partial charge < -0.3 is 15.0 Å². The Balaban J connectivity index is 1.25. The largest absolute Gasteiger partial charge is 0.460 e. The van der Waals surface area contributed by atoms with Gasteiger partial charge in [0.05, 0.1) is 17.8 Å². The van der Waals surface area contributed by atoms with Gasteiger partial charge in [-0.1, -0.05) is 18.2 Å². The third kappa shape index (κ3) is 7.30. The highest BCUT2D eigenvalue weighted by Crippen LogP contribution is 2.30. The molecule has 2 atom stereocenters. The second kappa shape index (κ2) is 12.1. The van der Waals surface area contributed by atoms with Crippen LogP contribution in [-0.4, -0.2) is 57.4 Å². The van der Waals surface area contributed by atoms with E-state index in [9.17, 15) is 4.79 Å². The molecule has 0 radical (unpaired) electrons. The number of esters is 1. The van der Waals surface area contributed by atoms with Crippen molar-refractivity contribution in [2.24, 2.45) is 5.92 Å². The van der Waals surface area contributed by atoms with Crippen LogP contribution in [0.25, 0.3) is 5.69 Å². The molecule has 7 nitrogen and oxygen atoms in total. The molecule has 1 fully saturated rings. The molecule has 2 aromatic heterocycles. The number of likely N-dealkylation sites (tertiary alicyclic amines) is 1. The molecule has 7 heteroatoms. The standard InChI is InChI=1S/C33H45N5O2/c1-23-18-24(2)38(36-23)30-10-6-8-27(19-30)28(20-31(39)40-33(3,4)5)22-37-17-15-25(21-37)11-13-29-14-12-26-9-7-16-34-32(26)35-29/h6,8,10,12,14,18-19,25,28H,7,9,11,13,15-17,20-22H2,1-5H3,(H,34,35)/t25-,28?/m1/s1. The molecule has 0 saturated carbocycles. The number of ether oxygens (including phenoxy) is 1. The number of benzene rings is 1. The normalized spacial score (nSPS) is 18.3. The van der Waals surface area contributed by atoms with E-state index in [0.29, 0.717) is 12.3 Å². The average molecular weight is 544 g/mol. The number of rotatable bonds is 9. The average Bonchev–Trinajstić information content (AvgIpc) is 3.50. The first kappa shape index (κ1) is 28.3. The maximum Gasteiger partial charge on any atom is 0.306 e. The quantitative estimate of drug-likeness (QED) is 0.333. The topological polar surface area (TPSA) is 72.3 Å². The first-order chi connectivity index (χ1) is 19.1. The molecule has 0 bridgehead atoms. The summed E-state index contributed by atoms with van der Waals surface area (Å²) in [6.07, 6.45) is 6.03. The van der Waals surface area contributed by atoms with Crippen LogP contribution in [0.3, 0.4) is 0 Å². The Morgan fingerprint density at radius 1 is 1.18 bits per heavy atom. The highest BCUT2D eigenvalue weighted by molar-refractivity contribution is 5.71. The minimum atomic E-state index is -0.494. The number of nitrogens with one attached hydrogen (secondary N) is 1. The van der Waals surface area contributed by atoms with Crippen molar-refractivity contribution in [3.05, 3.63) is 70.7 Å². The first-order valence-corrected chi connectivity index (χ1v) is 14.9. The lowest BCUT2D eigenvalue weighted by Gasteiger charge is -2.26. The van der Waals surface area contributed by atoms with E-state index in [-0.39, 0.29) is 11.9 Å². The van der Waals surface area contributed by atoms with Crippen LogP contribution < -0.4 is 5.32 Å². The lowest BCUT2D eigenvalue weighted by Crippen LogP contribution is -2.30. The van der Waals surface area contributed by atoms with Crippen LogP contribution in [-0.2, 0) is 22.4 Å². The number of fused-ring (bicyclic) bond motifs is 1. The SMILES string of the molecule is Cc1cc(C)n(-c2cccc(C(CC(=O)OC(C)(C)C)CN3CC[C@@H](CCc4ccc5c(n4)NCCC5)C3)c2)n1. The van der Waals surface area contributed by atoms with Gasteiger partial charge in [0.2, 0.25) is 0 Å². The van der Waals surface area contributed by atoms with Crippen molar-refractivity contribution in [3.63, 3.8) is 0 Å². The Morgan fingerprint density at radius 2 is 2.02 bits per heavy atom. The zero-order valence-electron chi connectivity index (χ0n) is 24.9. The molecule has 0 amide bonds. The van der Waals surface area contributed by atoms with E-state index in [1.807, 2.05) is 32.4 Å². The number of aryl methyl sites for hydroxylation is 4. The number of carbonyl (C=O) groups excluding carboxylic acids is 1. The number of pyridine rings is 1. The van der Waals surface area contributed by atoms with Gasteiger partial charge in [-0.15, -0.1) is 0 Å². The van der Waals surface area contributed by atoms with E-state index in [0.717, 1.165) is 73.9 Å². The van der Waals surface area contributed by atoms with E-state index in [2.05, 4.69) is 64.7 Å². The van der Waals surface area contributed by atoms with Gasteiger partial charge in [0.1, 0.15) is 11.4 Å². The van der Waals surface area contributed by atoms with E-state index in [4.69, 9.17) is 9.72 Å². The number of carbonyl (C=O) groups is 1. The van der Waals surface area contributed by atoms with Crippen LogP contribution in [0, 0.1) is 19.8 Å². The van der Waals surface area contributed by atoms with Crippen LogP contribution in [0.4, 0.5) is 5.82 Å². The smallest absolute Gasteiger partial charge is 0.306 e. The molecule has 0 aliphatic carbocycles. The molecule has 5 rings (SSSR count). The van der Waals surface area contributed by atoms with Gasteiger partial charge in [0, 0.05) is 36.9 Å². The lowest BCUT2D eigenvalue weighted by molar-refractivity contribution is -0.155. The first-order valence-electron chi connectivity index (χ1n) is 14.9. The van der Waals surface area contributed by atoms with Gasteiger partial charge >= 0.3 is 5.97 Å². The molecular weight excluding hydrogens is 498 g/mol. The number of hydrogen-bond acceptors (Lipinski definition) is 6. The molecule has 1 aromatic carbocycles. The number of nitrogens with zero attached hydrogens (tertiary/aromatic N) is 4.